The molecule has 1 unspecified atom stereocenters. The number of rotatable bonds is 5. The molecule has 4 aromatic rings. The highest BCUT2D eigenvalue weighted by atomic mass is 19.4. The van der Waals surface area contributed by atoms with Crippen molar-refractivity contribution in [1.82, 2.24) is 0 Å². The first-order chi connectivity index (χ1) is 15.7. The number of fused-ring (bicyclic) bond motifs is 1. The molecule has 0 radical (unpaired) electrons. The monoisotopic (exact) mass is 453 g/mol. The third kappa shape index (κ3) is 5.06. The lowest BCUT2D eigenvalue weighted by Gasteiger charge is -2.15. The van der Waals surface area contributed by atoms with E-state index in [1.807, 2.05) is 37.3 Å². The Balaban J connectivity index is 1.47. The number of hydrogen-bond acceptors (Lipinski definition) is 4. The summed E-state index contributed by atoms with van der Waals surface area (Å²) in [6.07, 6.45) is -4.94. The predicted molar refractivity (Wildman–Crippen MR) is 117 cm³/mol. The first-order valence-electron chi connectivity index (χ1n) is 9.99. The van der Waals surface area contributed by atoms with E-state index in [0.29, 0.717) is 17.4 Å². The van der Waals surface area contributed by atoms with Crippen LogP contribution in [0.2, 0.25) is 0 Å². The van der Waals surface area contributed by atoms with Crippen LogP contribution in [0.15, 0.2) is 88.1 Å². The average Bonchev–Trinajstić information content (AvgIpc) is 2.79. The fourth-order valence-corrected chi connectivity index (χ4v) is 3.26. The van der Waals surface area contributed by atoms with Crippen molar-refractivity contribution in [3.8, 4) is 5.75 Å². The molecule has 3 aromatic carbocycles. The second-order valence-corrected chi connectivity index (χ2v) is 7.33. The Bertz CT molecular complexity index is 1350. The lowest BCUT2D eigenvalue weighted by Crippen LogP contribution is -2.13. The third-order valence-electron chi connectivity index (χ3n) is 4.96. The van der Waals surface area contributed by atoms with Gasteiger partial charge in [0, 0.05) is 17.3 Å². The van der Waals surface area contributed by atoms with E-state index in [-0.39, 0.29) is 22.8 Å². The van der Waals surface area contributed by atoms with Gasteiger partial charge >= 0.3 is 6.18 Å². The second kappa shape index (κ2) is 8.82. The molecule has 1 amide bonds. The molecule has 5 nitrogen and oxygen atoms in total. The molecule has 0 aliphatic carbocycles. The van der Waals surface area contributed by atoms with E-state index >= 15 is 0 Å². The summed E-state index contributed by atoms with van der Waals surface area (Å²) in [6.45, 7) is 1.92. The lowest BCUT2D eigenvalue weighted by molar-refractivity contribution is -0.152. The van der Waals surface area contributed by atoms with Gasteiger partial charge in [-0.15, -0.1) is 0 Å². The maximum absolute atomic E-state index is 12.8. The summed E-state index contributed by atoms with van der Waals surface area (Å²) in [5, 5.41) is 2.56. The number of ether oxygens (including phenoxy) is 1. The maximum atomic E-state index is 12.8. The van der Waals surface area contributed by atoms with Crippen LogP contribution in [-0.2, 0) is 6.18 Å². The van der Waals surface area contributed by atoms with E-state index in [4.69, 9.17) is 9.15 Å². The Morgan fingerprint density at radius 1 is 0.970 bits per heavy atom. The molecule has 1 aromatic heterocycles. The average molecular weight is 453 g/mol. The maximum Gasteiger partial charge on any atom is 0.449 e. The number of amides is 1. The molecule has 0 spiro atoms. The molecular weight excluding hydrogens is 435 g/mol. The smallest absolute Gasteiger partial charge is 0.449 e. The van der Waals surface area contributed by atoms with Crippen molar-refractivity contribution in [2.75, 3.05) is 5.32 Å². The molecule has 4 rings (SSSR count). The van der Waals surface area contributed by atoms with E-state index in [1.54, 1.807) is 24.3 Å². The van der Waals surface area contributed by atoms with Gasteiger partial charge in [0.25, 0.3) is 5.91 Å². The van der Waals surface area contributed by atoms with Crippen molar-refractivity contribution in [3.05, 3.63) is 106 Å². The fraction of sp³-hybridized carbons (Fsp3) is 0.120. The van der Waals surface area contributed by atoms with Gasteiger partial charge in [-0.1, -0.05) is 30.3 Å². The molecule has 168 valence electrons. The van der Waals surface area contributed by atoms with Gasteiger partial charge in [-0.3, -0.25) is 9.59 Å². The molecule has 1 N–H and O–H groups in total. The lowest BCUT2D eigenvalue weighted by atomic mass is 10.1. The number of alkyl halides is 3. The van der Waals surface area contributed by atoms with Crippen LogP contribution in [0.5, 0.6) is 5.75 Å². The van der Waals surface area contributed by atoms with Gasteiger partial charge in [0.05, 0.1) is 5.39 Å². The van der Waals surface area contributed by atoms with Crippen LogP contribution in [0.3, 0.4) is 0 Å². The van der Waals surface area contributed by atoms with E-state index in [9.17, 15) is 22.8 Å². The fourth-order valence-electron chi connectivity index (χ4n) is 3.26. The minimum atomic E-state index is -4.77. The second-order valence-electron chi connectivity index (χ2n) is 7.33. The summed E-state index contributed by atoms with van der Waals surface area (Å²) in [5.41, 5.74) is 0.532. The van der Waals surface area contributed by atoms with Gasteiger partial charge in [-0.05, 0) is 55.0 Å². The SMILES string of the molecule is CC(Oc1ccc(C(=O)Nc2ccc3oc(C(F)(F)F)cc(=O)c3c2)cc1)c1ccccc1. The Hall–Kier alpha value is -4.07. The van der Waals surface area contributed by atoms with Crippen molar-refractivity contribution in [2.24, 2.45) is 0 Å². The number of nitrogens with one attached hydrogen (secondary N) is 1. The summed E-state index contributed by atoms with van der Waals surface area (Å²) in [5.74, 6) is -1.24. The highest BCUT2D eigenvalue weighted by molar-refractivity contribution is 6.05. The molecule has 0 fully saturated rings. The summed E-state index contributed by atoms with van der Waals surface area (Å²) in [6, 6.07) is 20.5. The zero-order valence-electron chi connectivity index (χ0n) is 17.3. The van der Waals surface area contributed by atoms with Gasteiger partial charge < -0.3 is 14.5 Å². The van der Waals surface area contributed by atoms with Crippen molar-refractivity contribution in [1.29, 1.82) is 0 Å². The molecular formula is C25H18F3NO4. The Morgan fingerprint density at radius 2 is 1.67 bits per heavy atom. The standard InChI is InChI=1S/C25H18F3NO4/c1-15(16-5-3-2-4-6-16)32-19-10-7-17(8-11-19)24(31)29-18-9-12-22-20(13-18)21(30)14-23(33-22)25(26,27)28/h2-15H,1H3,(H,29,31). The zero-order valence-corrected chi connectivity index (χ0v) is 17.3. The number of halogens is 3. The summed E-state index contributed by atoms with van der Waals surface area (Å²) in [7, 11) is 0. The van der Waals surface area contributed by atoms with Crippen LogP contribution >= 0.6 is 0 Å². The number of carbonyl (C=O) groups excluding carboxylic acids is 1. The first-order valence-corrected chi connectivity index (χ1v) is 9.99. The zero-order chi connectivity index (χ0) is 23.6. The molecule has 1 atom stereocenters. The normalized spacial score (nSPS) is 12.4. The van der Waals surface area contributed by atoms with E-state index in [2.05, 4.69) is 5.32 Å². The Labute approximate surface area is 186 Å². The molecule has 0 saturated carbocycles. The molecule has 0 aliphatic rings. The predicted octanol–water partition coefficient (Wildman–Crippen LogP) is 6.20. The number of benzene rings is 3. The molecule has 8 heteroatoms. The molecule has 0 saturated heterocycles. The highest BCUT2D eigenvalue weighted by Gasteiger charge is 2.34. The highest BCUT2D eigenvalue weighted by Crippen LogP contribution is 2.30. The molecule has 0 bridgehead atoms. The van der Waals surface area contributed by atoms with Crippen LogP contribution in [0, 0.1) is 0 Å². The van der Waals surface area contributed by atoms with E-state index < -0.39 is 23.3 Å². The van der Waals surface area contributed by atoms with Crippen molar-refractivity contribution in [2.45, 2.75) is 19.2 Å². The van der Waals surface area contributed by atoms with Crippen LogP contribution in [0.25, 0.3) is 11.0 Å². The molecule has 33 heavy (non-hydrogen) atoms. The number of anilines is 1. The third-order valence-corrected chi connectivity index (χ3v) is 4.96. The van der Waals surface area contributed by atoms with Gasteiger partial charge in [0.1, 0.15) is 17.4 Å². The largest absolute Gasteiger partial charge is 0.486 e. The van der Waals surface area contributed by atoms with Crippen molar-refractivity contribution in [3.63, 3.8) is 0 Å². The Kier molecular flexibility index (Phi) is 5.91. The summed E-state index contributed by atoms with van der Waals surface area (Å²) in [4.78, 5) is 24.7. The van der Waals surface area contributed by atoms with Gasteiger partial charge in [-0.2, -0.15) is 13.2 Å². The minimum Gasteiger partial charge on any atom is -0.486 e. The first kappa shape index (κ1) is 22.1. The quantitative estimate of drug-likeness (QED) is 0.390. The van der Waals surface area contributed by atoms with Crippen LogP contribution < -0.4 is 15.5 Å². The van der Waals surface area contributed by atoms with E-state index in [1.165, 1.54) is 18.2 Å². The molecule has 1 heterocycles. The van der Waals surface area contributed by atoms with Crippen LogP contribution in [0.4, 0.5) is 18.9 Å². The van der Waals surface area contributed by atoms with Crippen LogP contribution in [0.1, 0.15) is 34.7 Å². The van der Waals surface area contributed by atoms with Crippen molar-refractivity contribution < 1.29 is 27.1 Å². The Morgan fingerprint density at radius 3 is 2.33 bits per heavy atom. The van der Waals surface area contributed by atoms with Crippen molar-refractivity contribution >= 4 is 22.6 Å². The molecule has 0 aliphatic heterocycles. The number of carbonyl (C=O) groups is 1. The number of hydrogen-bond donors (Lipinski definition) is 1. The summed E-state index contributed by atoms with van der Waals surface area (Å²) >= 11 is 0. The van der Waals surface area contributed by atoms with Gasteiger partial charge in [0.15, 0.2) is 5.43 Å². The van der Waals surface area contributed by atoms with Crippen LogP contribution in [-0.4, -0.2) is 5.91 Å². The topological polar surface area (TPSA) is 68.5 Å². The summed E-state index contributed by atoms with van der Waals surface area (Å²) < 4.78 is 49.1. The van der Waals surface area contributed by atoms with E-state index in [0.717, 1.165) is 5.56 Å². The minimum absolute atomic E-state index is 0.0700. The van der Waals surface area contributed by atoms with Gasteiger partial charge in [-0.25, -0.2) is 0 Å². The van der Waals surface area contributed by atoms with Gasteiger partial charge in [0.2, 0.25) is 5.76 Å².